The van der Waals surface area contributed by atoms with Crippen LogP contribution in [0.2, 0.25) is 5.02 Å². The van der Waals surface area contributed by atoms with Crippen LogP contribution in [0.4, 0.5) is 5.69 Å². The van der Waals surface area contributed by atoms with E-state index in [1.807, 2.05) is 41.0 Å². The number of rotatable bonds is 4. The molecule has 2 aromatic carbocycles. The van der Waals surface area contributed by atoms with E-state index >= 15 is 0 Å². The molecule has 0 radical (unpaired) electrons. The van der Waals surface area contributed by atoms with Gasteiger partial charge in [0, 0.05) is 22.3 Å². The van der Waals surface area contributed by atoms with Crippen LogP contribution in [-0.4, -0.2) is 23.7 Å². The zero-order valence-corrected chi connectivity index (χ0v) is 16.6. The normalized spacial score (nSPS) is 14.5. The average molecular weight is 411 g/mol. The first-order valence-electron chi connectivity index (χ1n) is 9.75. The van der Waals surface area contributed by atoms with Crippen molar-refractivity contribution in [3.8, 4) is 22.8 Å². The van der Waals surface area contributed by atoms with Gasteiger partial charge in [-0.2, -0.15) is 0 Å². The standard InChI is InChI=1S/C22H20ClN3O3/c23-16-5-3-15(4-6-16)18-13-25(22-2-1-9-26(18)22)14-21(27)24-17-7-8-19-20(12-17)29-11-10-28-19/h3-8,12-13H,1-2,9-11,14H2/p+1. The highest BCUT2D eigenvalue weighted by Gasteiger charge is 2.29. The van der Waals surface area contributed by atoms with E-state index in [1.54, 1.807) is 6.07 Å². The summed E-state index contributed by atoms with van der Waals surface area (Å²) in [5, 5.41) is 3.68. The van der Waals surface area contributed by atoms with Crippen LogP contribution in [0.5, 0.6) is 11.5 Å². The molecule has 0 atom stereocenters. The van der Waals surface area contributed by atoms with E-state index in [1.165, 1.54) is 5.82 Å². The molecule has 1 N–H and O–H groups in total. The predicted octanol–water partition coefficient (Wildman–Crippen LogP) is 3.45. The number of benzene rings is 2. The van der Waals surface area contributed by atoms with Crippen LogP contribution in [0, 0.1) is 0 Å². The molecule has 5 rings (SSSR count). The zero-order chi connectivity index (χ0) is 19.8. The quantitative estimate of drug-likeness (QED) is 0.670. The Morgan fingerprint density at radius 3 is 2.72 bits per heavy atom. The molecule has 3 heterocycles. The van der Waals surface area contributed by atoms with E-state index in [-0.39, 0.29) is 12.5 Å². The maximum atomic E-state index is 12.7. The number of anilines is 1. The van der Waals surface area contributed by atoms with Crippen LogP contribution in [0.1, 0.15) is 12.2 Å². The Kier molecular flexibility index (Phi) is 4.64. The summed E-state index contributed by atoms with van der Waals surface area (Å²) in [4.78, 5) is 12.7. The molecule has 1 amide bonds. The molecule has 2 aliphatic rings. The van der Waals surface area contributed by atoms with Gasteiger partial charge < -0.3 is 14.8 Å². The van der Waals surface area contributed by atoms with E-state index in [9.17, 15) is 4.79 Å². The third-order valence-corrected chi connectivity index (χ3v) is 5.53. The first-order valence-corrected chi connectivity index (χ1v) is 10.1. The smallest absolute Gasteiger partial charge is 0.266 e. The Morgan fingerprint density at radius 2 is 1.90 bits per heavy atom. The van der Waals surface area contributed by atoms with Crippen molar-refractivity contribution in [1.82, 2.24) is 4.57 Å². The fourth-order valence-electron chi connectivity index (χ4n) is 3.97. The zero-order valence-electron chi connectivity index (χ0n) is 15.9. The van der Waals surface area contributed by atoms with Crippen LogP contribution in [0.3, 0.4) is 0 Å². The van der Waals surface area contributed by atoms with Crippen LogP contribution in [0.25, 0.3) is 11.3 Å². The number of nitrogens with zero attached hydrogens (tertiary/aromatic N) is 2. The molecule has 0 aliphatic carbocycles. The minimum atomic E-state index is -0.0744. The minimum absolute atomic E-state index is 0.0744. The first-order chi connectivity index (χ1) is 14.2. The van der Waals surface area contributed by atoms with Crippen LogP contribution in [-0.2, 0) is 24.3 Å². The van der Waals surface area contributed by atoms with Gasteiger partial charge in [-0.15, -0.1) is 0 Å². The van der Waals surface area contributed by atoms with Crippen LogP contribution in [0.15, 0.2) is 48.7 Å². The SMILES string of the molecule is O=C(C[n+]1cc(-c2ccc(Cl)cc2)n2c1CCC2)Nc1ccc2c(c1)OCCO2. The molecule has 7 heteroatoms. The van der Waals surface area contributed by atoms with Crippen LogP contribution >= 0.6 is 11.6 Å². The summed E-state index contributed by atoms with van der Waals surface area (Å²) >= 11 is 6.03. The molecule has 0 unspecified atom stereocenters. The number of aromatic nitrogens is 2. The third kappa shape index (κ3) is 3.56. The molecule has 0 saturated carbocycles. The molecule has 0 bridgehead atoms. The number of ether oxygens (including phenoxy) is 2. The molecular weight excluding hydrogens is 390 g/mol. The van der Waals surface area contributed by atoms with Crippen molar-refractivity contribution in [2.24, 2.45) is 0 Å². The van der Waals surface area contributed by atoms with Gasteiger partial charge in [0.15, 0.2) is 23.7 Å². The van der Waals surface area contributed by atoms with E-state index in [2.05, 4.69) is 16.1 Å². The molecule has 3 aromatic rings. The van der Waals surface area contributed by atoms with Crippen molar-refractivity contribution in [2.45, 2.75) is 25.9 Å². The Balaban J connectivity index is 1.36. The largest absolute Gasteiger partial charge is 0.486 e. The van der Waals surface area contributed by atoms with Crippen molar-refractivity contribution in [3.63, 3.8) is 0 Å². The molecule has 29 heavy (non-hydrogen) atoms. The van der Waals surface area contributed by atoms with Crippen molar-refractivity contribution < 1.29 is 18.8 Å². The van der Waals surface area contributed by atoms with Gasteiger partial charge in [-0.25, -0.2) is 9.13 Å². The lowest BCUT2D eigenvalue weighted by Gasteiger charge is -2.18. The maximum absolute atomic E-state index is 12.7. The summed E-state index contributed by atoms with van der Waals surface area (Å²) in [6.45, 7) is 2.29. The van der Waals surface area contributed by atoms with Gasteiger partial charge in [-0.1, -0.05) is 11.6 Å². The highest BCUT2D eigenvalue weighted by molar-refractivity contribution is 6.30. The van der Waals surface area contributed by atoms with Gasteiger partial charge in [0.2, 0.25) is 0 Å². The minimum Gasteiger partial charge on any atom is -0.486 e. The second-order valence-corrected chi connectivity index (χ2v) is 7.66. The van der Waals surface area contributed by atoms with Crippen molar-refractivity contribution >= 4 is 23.2 Å². The van der Waals surface area contributed by atoms with Gasteiger partial charge in [0.25, 0.3) is 11.7 Å². The predicted molar refractivity (Wildman–Crippen MR) is 109 cm³/mol. The Hall–Kier alpha value is -2.99. The molecule has 148 valence electrons. The van der Waals surface area contributed by atoms with Crippen LogP contribution < -0.4 is 19.4 Å². The number of carbonyl (C=O) groups is 1. The van der Waals surface area contributed by atoms with Gasteiger partial charge in [0.05, 0.1) is 13.0 Å². The summed E-state index contributed by atoms with van der Waals surface area (Å²) in [5.41, 5.74) is 2.92. The number of nitrogens with one attached hydrogen (secondary N) is 1. The van der Waals surface area contributed by atoms with Gasteiger partial charge in [-0.3, -0.25) is 4.79 Å². The van der Waals surface area contributed by atoms with E-state index in [0.29, 0.717) is 35.4 Å². The summed E-state index contributed by atoms with van der Waals surface area (Å²) in [5.74, 6) is 2.47. The number of carbonyl (C=O) groups excluding carboxylic acids is 1. The Bertz CT molecular complexity index is 1080. The van der Waals surface area contributed by atoms with Crippen molar-refractivity contribution in [3.05, 3.63) is 59.5 Å². The second-order valence-electron chi connectivity index (χ2n) is 7.23. The number of halogens is 1. The summed E-state index contributed by atoms with van der Waals surface area (Å²) in [7, 11) is 0. The highest BCUT2D eigenvalue weighted by atomic mass is 35.5. The fraction of sp³-hybridized carbons (Fsp3) is 0.273. The first kappa shape index (κ1) is 18.1. The summed E-state index contributed by atoms with van der Waals surface area (Å²) < 4.78 is 15.5. The van der Waals surface area contributed by atoms with Gasteiger partial charge >= 0.3 is 0 Å². The molecule has 2 aliphatic heterocycles. The van der Waals surface area contributed by atoms with Crippen molar-refractivity contribution in [1.29, 1.82) is 0 Å². The van der Waals surface area contributed by atoms with E-state index in [0.717, 1.165) is 30.6 Å². The molecule has 0 spiro atoms. The molecule has 0 saturated heterocycles. The molecule has 0 fully saturated rings. The Morgan fingerprint density at radius 1 is 1.10 bits per heavy atom. The topological polar surface area (TPSA) is 56.4 Å². The van der Waals surface area contributed by atoms with E-state index in [4.69, 9.17) is 21.1 Å². The van der Waals surface area contributed by atoms with E-state index < -0.39 is 0 Å². The monoisotopic (exact) mass is 410 g/mol. The number of imidazole rings is 1. The fourth-order valence-corrected chi connectivity index (χ4v) is 4.10. The Labute approximate surface area is 173 Å². The highest BCUT2D eigenvalue weighted by Crippen LogP contribution is 2.32. The lowest BCUT2D eigenvalue weighted by atomic mass is 10.2. The summed E-state index contributed by atoms with van der Waals surface area (Å²) in [6.07, 6.45) is 4.10. The number of hydrogen-bond donors (Lipinski definition) is 1. The lowest BCUT2D eigenvalue weighted by molar-refractivity contribution is -0.690. The molecule has 1 aromatic heterocycles. The number of amides is 1. The average Bonchev–Trinajstić information content (AvgIpc) is 3.33. The third-order valence-electron chi connectivity index (χ3n) is 5.27. The van der Waals surface area contributed by atoms with Gasteiger partial charge in [-0.05, 0) is 42.8 Å². The number of hydrogen-bond acceptors (Lipinski definition) is 3. The number of fused-ring (bicyclic) bond motifs is 2. The van der Waals surface area contributed by atoms with Gasteiger partial charge in [0.1, 0.15) is 19.4 Å². The lowest BCUT2D eigenvalue weighted by Crippen LogP contribution is -2.42. The summed E-state index contributed by atoms with van der Waals surface area (Å²) in [6, 6.07) is 13.3. The molecular formula is C22H21ClN3O3+. The maximum Gasteiger partial charge on any atom is 0.266 e. The molecule has 6 nitrogen and oxygen atoms in total. The second kappa shape index (κ2) is 7.44. The van der Waals surface area contributed by atoms with Crippen molar-refractivity contribution in [2.75, 3.05) is 18.5 Å².